The molecule has 0 spiro atoms. The molecular formula is C77H119N25O14. The molecule has 5 aromatic rings. The number of nitrogens with two attached hydrogens (primary N) is 6. The molecule has 3 aromatic carbocycles. The molecular weight excluding hydrogens is 1500 g/mol. The molecule has 0 aliphatic heterocycles. The van der Waals surface area contributed by atoms with Gasteiger partial charge in [-0.1, -0.05) is 80.6 Å². The van der Waals surface area contributed by atoms with Gasteiger partial charge in [0.25, 0.3) is 0 Å². The second kappa shape index (κ2) is 49.7. The van der Waals surface area contributed by atoms with Crippen molar-refractivity contribution in [3.63, 3.8) is 0 Å². The van der Waals surface area contributed by atoms with Crippen molar-refractivity contribution in [1.29, 1.82) is 21.6 Å². The number of nitrogens with one attached hydrogen (secondary N) is 8. The second-order valence-electron chi connectivity index (χ2n) is 28.3. The van der Waals surface area contributed by atoms with E-state index in [1.54, 1.807) is 74.8 Å². The second-order valence-corrected chi connectivity index (χ2v) is 28.3. The van der Waals surface area contributed by atoms with Crippen LogP contribution in [-0.4, -0.2) is 282 Å². The summed E-state index contributed by atoms with van der Waals surface area (Å²) in [7, 11) is 0. The van der Waals surface area contributed by atoms with E-state index in [1.807, 2.05) is 30.3 Å². The van der Waals surface area contributed by atoms with Crippen LogP contribution in [0.4, 0.5) is 0 Å². The van der Waals surface area contributed by atoms with Crippen LogP contribution in [-0.2, 0) is 19.3 Å². The Hall–Kier alpha value is -11.8. The van der Waals surface area contributed by atoms with Crippen LogP contribution in [0.25, 0.3) is 21.8 Å². The topological polar surface area (TPSA) is 726 Å². The van der Waals surface area contributed by atoms with Gasteiger partial charge in [-0.05, 0) is 158 Å². The third kappa shape index (κ3) is 32.6. The number of benzene rings is 3. The molecule has 0 unspecified atom stereocenters. The van der Waals surface area contributed by atoms with E-state index in [1.165, 1.54) is 6.92 Å². The number of H-pyrrole nitrogens is 2. The van der Waals surface area contributed by atoms with E-state index in [9.17, 15) is 71.5 Å². The molecule has 636 valence electrons. The molecule has 0 fully saturated rings. The molecule has 0 radical (unpaired) electrons. The Labute approximate surface area is 672 Å². The van der Waals surface area contributed by atoms with E-state index in [0.29, 0.717) is 65.0 Å². The molecule has 0 saturated heterocycles. The minimum Gasteiger partial charge on any atom is -0.497 e. The monoisotopic (exact) mass is 1620 g/mol. The van der Waals surface area contributed by atoms with Gasteiger partial charge in [0.05, 0.1) is 19.1 Å². The molecule has 0 saturated carbocycles. The van der Waals surface area contributed by atoms with Crippen LogP contribution in [0.5, 0.6) is 0 Å². The Morgan fingerprint density at radius 3 is 1.16 bits per heavy atom. The number of unbranched alkanes of at least 4 members (excludes halogenated alkanes) is 3. The smallest absolute Gasteiger partial charge is 0.209 e. The molecule has 5 rings (SSSR count). The minimum atomic E-state index is -1.83. The zero-order chi connectivity index (χ0) is 85.4. The lowest BCUT2D eigenvalue weighted by molar-refractivity contribution is 0.277. The number of hydrogen-bond acceptors (Lipinski definition) is 20. The number of aliphatic imine (C=N–C) groups is 11. The first-order valence-corrected chi connectivity index (χ1v) is 38.6. The van der Waals surface area contributed by atoms with E-state index in [-0.39, 0.29) is 128 Å². The van der Waals surface area contributed by atoms with Gasteiger partial charge in [-0.15, -0.1) is 0 Å². The van der Waals surface area contributed by atoms with E-state index >= 15 is 0 Å². The molecule has 39 nitrogen and oxygen atoms in total. The van der Waals surface area contributed by atoms with Crippen LogP contribution in [0, 0.1) is 27.6 Å². The lowest BCUT2D eigenvalue weighted by atomic mass is 10.0. The molecule has 0 aliphatic carbocycles. The van der Waals surface area contributed by atoms with Gasteiger partial charge in [0.2, 0.25) is 64.9 Å². The first kappa shape index (κ1) is 94.8. The van der Waals surface area contributed by atoms with Gasteiger partial charge in [0, 0.05) is 60.1 Å². The third-order valence-corrected chi connectivity index (χ3v) is 18.4. The van der Waals surface area contributed by atoms with Gasteiger partial charge < -0.3 is 126 Å². The summed E-state index contributed by atoms with van der Waals surface area (Å²) in [6, 6.07) is 6.39. The van der Waals surface area contributed by atoms with Crippen molar-refractivity contribution >= 4 is 110 Å². The van der Waals surface area contributed by atoms with Gasteiger partial charge in [0.1, 0.15) is 60.4 Å². The Morgan fingerprint density at radius 1 is 0.388 bits per heavy atom. The normalized spacial score (nSPS) is 16.8. The van der Waals surface area contributed by atoms with Crippen LogP contribution < -0.4 is 45.0 Å². The van der Waals surface area contributed by atoms with Crippen LogP contribution in [0.3, 0.4) is 0 Å². The standard InChI is InChI=1S/C77H119N25O14/c1-43(2)35-58(72(113)102-62(42-103)75(116)93-53(64(83)105)28-17-33-88-76(84)85)98-65(106)44(3)92-71(112)59(37-46-40-90-51-23-9-7-21-48(46)51)99-70(111)56(27-13-16-32-80)97-74(115)61(39-63(82)104)101-73(114)60(38-47-41-91-52-24-10-8-22-49(47)52)100-69(110)55(26-12-15-31-79)96-67(108)54(25-11-14-30-78)95-68(109)57(29-18-34-89-77(86)87)94-66(107)50(81)36-45-19-5-4-6-20-45/h4-10,19-24,40-41,43-44,50,53-62,90-91,103H,11-18,25-39,42,78-81H2,1-3H3,(H2,82,104)(H2,83,105)(H,92,112)(H,93,116)(H,94,107)(H,95,109)(H,96,108)(H,97,115)(H,98,106)(H,99,111)(H,100,110)(H,101,114)(H,102,113)(H4,84,85,88)(H4,86,87,89)/t44-,50-,53-,54-,55-,56-,57-,58-,59-,60-,61-,62-/m0/s1. The quantitative estimate of drug-likeness (QED) is 0.0106. The van der Waals surface area contributed by atoms with Crippen molar-refractivity contribution in [3.8, 4) is 0 Å². The van der Waals surface area contributed by atoms with Gasteiger partial charge >= 0.3 is 0 Å². The number of aromatic amines is 2. The fraction of sp³-hybridized carbons (Fsp3) is 0.519. The van der Waals surface area contributed by atoms with Crippen molar-refractivity contribution < 1.29 is 71.5 Å². The molecule has 116 heavy (non-hydrogen) atoms. The number of nitrogens with zero attached hydrogens (tertiary/aromatic N) is 11. The molecule has 2 aromatic heterocycles. The first-order chi connectivity index (χ1) is 55.4. The predicted molar refractivity (Wildman–Crippen MR) is 459 cm³/mol. The number of guanidine groups is 2. The third-order valence-electron chi connectivity index (χ3n) is 18.4. The highest BCUT2D eigenvalue weighted by atomic mass is 16.3. The molecule has 2 heterocycles. The molecule has 12 atom stereocenters. The zero-order valence-electron chi connectivity index (χ0n) is 65.8. The van der Waals surface area contributed by atoms with Crippen LogP contribution in [0.1, 0.15) is 134 Å². The number of aliphatic hydroxyl groups is 14. The number of para-hydroxylation sites is 2. The van der Waals surface area contributed by atoms with Crippen molar-refractivity contribution in [1.82, 2.24) is 20.6 Å². The number of aliphatic hydroxyl groups excluding tert-OH is 14. The largest absolute Gasteiger partial charge is 0.497 e. The summed E-state index contributed by atoms with van der Waals surface area (Å²) in [6.07, 6.45) is 4.95. The molecule has 39 heteroatoms. The first-order valence-electron chi connectivity index (χ1n) is 38.6. The fourth-order valence-electron chi connectivity index (χ4n) is 12.2. The number of hydrogen-bond donors (Lipinski definition) is 28. The maximum absolute atomic E-state index is 12.4. The van der Waals surface area contributed by atoms with Gasteiger partial charge in [-0.2, -0.15) is 0 Å². The molecule has 0 aliphatic rings. The summed E-state index contributed by atoms with van der Waals surface area (Å²) in [5, 5.41) is 199. The molecule has 0 bridgehead atoms. The fourth-order valence-corrected chi connectivity index (χ4v) is 12.2. The van der Waals surface area contributed by atoms with Gasteiger partial charge in [0.15, 0.2) is 29.8 Å². The summed E-state index contributed by atoms with van der Waals surface area (Å²) in [5.74, 6) is -11.1. The zero-order valence-corrected chi connectivity index (χ0v) is 65.8. The average Bonchev–Trinajstić information content (AvgIpc) is 1.66. The lowest BCUT2D eigenvalue weighted by Crippen LogP contribution is -2.36. The number of aromatic nitrogens is 2. The van der Waals surface area contributed by atoms with Crippen molar-refractivity contribution in [3.05, 3.63) is 108 Å². The summed E-state index contributed by atoms with van der Waals surface area (Å²) < 4.78 is 0. The number of fused-ring (bicyclic) bond motifs is 2. The highest BCUT2D eigenvalue weighted by Crippen LogP contribution is 2.25. The maximum atomic E-state index is 12.4. The molecule has 0 amide bonds. The van der Waals surface area contributed by atoms with Crippen LogP contribution in [0.15, 0.2) is 146 Å². The lowest BCUT2D eigenvalue weighted by Gasteiger charge is -2.20. The number of rotatable bonds is 54. The Bertz CT molecular complexity index is 4290. The van der Waals surface area contributed by atoms with E-state index in [0.717, 1.165) is 5.56 Å². The minimum absolute atomic E-state index is 0.00301. The highest BCUT2D eigenvalue weighted by molar-refractivity contribution is 5.97. The van der Waals surface area contributed by atoms with Gasteiger partial charge in [-0.25, -0.2) is 54.9 Å². The van der Waals surface area contributed by atoms with Crippen LogP contribution >= 0.6 is 0 Å². The van der Waals surface area contributed by atoms with Crippen molar-refractivity contribution in [2.45, 2.75) is 209 Å². The highest BCUT2D eigenvalue weighted by Gasteiger charge is 2.32. The summed E-state index contributed by atoms with van der Waals surface area (Å²) in [5.41, 5.74) is 38.3. The predicted octanol–water partition coefficient (Wildman–Crippen LogP) is 7.01. The van der Waals surface area contributed by atoms with E-state index < -0.39 is 162 Å². The Balaban J connectivity index is 1.63. The summed E-state index contributed by atoms with van der Waals surface area (Å²) in [6.45, 7) is 5.00. The van der Waals surface area contributed by atoms with E-state index in [2.05, 4.69) is 75.5 Å². The summed E-state index contributed by atoms with van der Waals surface area (Å²) in [4.78, 5) is 54.4. The summed E-state index contributed by atoms with van der Waals surface area (Å²) >= 11 is 0. The Kier molecular flexibility index (Phi) is 40.6. The van der Waals surface area contributed by atoms with Crippen molar-refractivity contribution in [2.24, 2.45) is 95.2 Å². The SMILES string of the molecule is CC(C)C[C@H](N=C(O)[C@H](C)N=C(O)[C@H](Cc1c[nH]c2ccccc12)N=C(O)[C@H](CCCCN)N=C(O)[C@H](CC(=N)O)N=C(O)[C@H](Cc1c[nH]c2ccccc12)N=C(O)[C@H](CCCCN)N=C(O)[C@H](CCCCN)N=C(O)[C@H](CCCNC(=N)N)N=C(O)[C@@H](N)Cc1ccccc1)C(O)=N[C@@H](CO)C(O)=N[C@@H](CCCNC(=N)N)C(=N)O. The van der Waals surface area contributed by atoms with Crippen LogP contribution in [0.2, 0.25) is 0 Å². The van der Waals surface area contributed by atoms with E-state index in [4.69, 9.17) is 56.0 Å². The van der Waals surface area contributed by atoms with Gasteiger partial charge in [-0.3, -0.25) is 21.6 Å². The van der Waals surface area contributed by atoms with Crippen molar-refractivity contribution in [2.75, 3.05) is 39.3 Å². The average molecular weight is 1620 g/mol. The Morgan fingerprint density at radius 2 is 0.733 bits per heavy atom. The molecule has 34 N–H and O–H groups in total. The maximum Gasteiger partial charge on any atom is 0.209 e.